The Morgan fingerprint density at radius 2 is 1.76 bits per heavy atom. The van der Waals surface area contributed by atoms with Crippen LogP contribution in [-0.2, 0) is 17.9 Å². The lowest BCUT2D eigenvalue weighted by atomic mass is 10.1. The summed E-state index contributed by atoms with van der Waals surface area (Å²) in [5.74, 6) is 0.704. The zero-order valence-corrected chi connectivity index (χ0v) is 20.1. The van der Waals surface area contributed by atoms with Gasteiger partial charge < -0.3 is 14.8 Å². The zero-order chi connectivity index (χ0) is 23.9. The van der Waals surface area contributed by atoms with Gasteiger partial charge in [0.15, 0.2) is 0 Å². The molecule has 1 aliphatic rings. The minimum absolute atomic E-state index is 0.0791. The highest BCUT2D eigenvalue weighted by molar-refractivity contribution is 5.94. The first-order valence-electron chi connectivity index (χ1n) is 11.9. The standard InChI is InChI=1S/C28H33N3O3/c1-20-16-31(17-21(2)34-20)18-23-6-8-26(9-7-23)28(32)30-22(3)25-10-12-27(13-11-25)33-19-24-5-4-14-29-15-24/h4-15,20-22H,16-19H2,1-3H3,(H,30,32). The van der Waals surface area contributed by atoms with Crippen LogP contribution in [0.4, 0.5) is 0 Å². The second-order valence-corrected chi connectivity index (χ2v) is 9.06. The molecule has 1 fully saturated rings. The van der Waals surface area contributed by atoms with Crippen LogP contribution in [0.1, 0.15) is 53.9 Å². The van der Waals surface area contributed by atoms with Crippen LogP contribution in [0.2, 0.25) is 0 Å². The van der Waals surface area contributed by atoms with Gasteiger partial charge in [0, 0.05) is 43.2 Å². The number of rotatable bonds is 8. The van der Waals surface area contributed by atoms with Crippen LogP contribution < -0.4 is 10.1 Å². The SMILES string of the molecule is CC1CN(Cc2ccc(C(=O)NC(C)c3ccc(OCc4cccnc4)cc3)cc2)CC(C)O1. The Labute approximate surface area is 201 Å². The van der Waals surface area contributed by atoms with E-state index in [0.29, 0.717) is 12.2 Å². The van der Waals surface area contributed by atoms with Gasteiger partial charge in [-0.1, -0.05) is 30.3 Å². The van der Waals surface area contributed by atoms with Crippen LogP contribution in [-0.4, -0.2) is 41.1 Å². The normalized spacial score (nSPS) is 19.4. The second-order valence-electron chi connectivity index (χ2n) is 9.06. The van der Waals surface area contributed by atoms with Crippen molar-refractivity contribution in [3.63, 3.8) is 0 Å². The van der Waals surface area contributed by atoms with Crippen molar-refractivity contribution in [3.8, 4) is 5.75 Å². The quantitative estimate of drug-likeness (QED) is 0.526. The highest BCUT2D eigenvalue weighted by Crippen LogP contribution is 2.20. The molecule has 3 unspecified atom stereocenters. The maximum absolute atomic E-state index is 12.8. The molecule has 2 heterocycles. The number of pyridine rings is 1. The molecule has 1 amide bonds. The maximum Gasteiger partial charge on any atom is 0.251 e. The summed E-state index contributed by atoms with van der Waals surface area (Å²) < 4.78 is 11.6. The molecule has 34 heavy (non-hydrogen) atoms. The number of carbonyl (C=O) groups excluding carboxylic acids is 1. The van der Waals surface area contributed by atoms with E-state index >= 15 is 0 Å². The van der Waals surface area contributed by atoms with Gasteiger partial charge in [0.05, 0.1) is 18.2 Å². The van der Waals surface area contributed by atoms with E-state index in [2.05, 4.69) is 29.0 Å². The molecular formula is C28H33N3O3. The summed E-state index contributed by atoms with van der Waals surface area (Å²) in [7, 11) is 0. The van der Waals surface area contributed by atoms with Crippen LogP contribution in [0.3, 0.4) is 0 Å². The molecule has 6 heteroatoms. The maximum atomic E-state index is 12.8. The molecule has 2 aromatic carbocycles. The lowest BCUT2D eigenvalue weighted by Gasteiger charge is -2.35. The molecule has 4 rings (SSSR count). The molecule has 0 radical (unpaired) electrons. The van der Waals surface area contributed by atoms with Crippen molar-refractivity contribution >= 4 is 5.91 Å². The van der Waals surface area contributed by atoms with Gasteiger partial charge >= 0.3 is 0 Å². The number of ether oxygens (including phenoxy) is 2. The van der Waals surface area contributed by atoms with Crippen molar-refractivity contribution in [2.24, 2.45) is 0 Å². The Morgan fingerprint density at radius 1 is 1.06 bits per heavy atom. The molecule has 6 nitrogen and oxygen atoms in total. The van der Waals surface area contributed by atoms with E-state index in [-0.39, 0.29) is 24.2 Å². The highest BCUT2D eigenvalue weighted by Gasteiger charge is 2.22. The Hall–Kier alpha value is -3.22. The van der Waals surface area contributed by atoms with Gasteiger partial charge in [-0.3, -0.25) is 14.7 Å². The molecule has 0 spiro atoms. The molecule has 3 aromatic rings. The molecule has 1 aliphatic heterocycles. The first-order chi connectivity index (χ1) is 16.5. The predicted molar refractivity (Wildman–Crippen MR) is 133 cm³/mol. The number of hydrogen-bond donors (Lipinski definition) is 1. The van der Waals surface area contributed by atoms with Gasteiger partial charge in [-0.25, -0.2) is 0 Å². The Morgan fingerprint density at radius 3 is 2.41 bits per heavy atom. The third-order valence-corrected chi connectivity index (χ3v) is 5.97. The van der Waals surface area contributed by atoms with E-state index in [9.17, 15) is 4.79 Å². The fraction of sp³-hybridized carbons (Fsp3) is 0.357. The number of aromatic nitrogens is 1. The molecular weight excluding hydrogens is 426 g/mol. The van der Waals surface area contributed by atoms with Gasteiger partial charge in [-0.15, -0.1) is 0 Å². The number of carbonyl (C=O) groups is 1. The zero-order valence-electron chi connectivity index (χ0n) is 20.1. The molecule has 1 N–H and O–H groups in total. The second kappa shape index (κ2) is 11.3. The van der Waals surface area contributed by atoms with Gasteiger partial charge in [-0.2, -0.15) is 0 Å². The summed E-state index contributed by atoms with van der Waals surface area (Å²) >= 11 is 0. The van der Waals surface area contributed by atoms with Crippen molar-refractivity contribution in [1.29, 1.82) is 0 Å². The summed E-state index contributed by atoms with van der Waals surface area (Å²) in [6.45, 7) is 9.40. The molecule has 0 bridgehead atoms. The van der Waals surface area contributed by atoms with E-state index in [1.807, 2.05) is 67.6 Å². The van der Waals surface area contributed by atoms with Crippen LogP contribution in [0.5, 0.6) is 5.75 Å². The van der Waals surface area contributed by atoms with E-state index in [0.717, 1.165) is 36.5 Å². The van der Waals surface area contributed by atoms with Crippen molar-refractivity contribution in [2.45, 2.75) is 52.2 Å². The number of amides is 1. The van der Waals surface area contributed by atoms with Gasteiger partial charge in [0.25, 0.3) is 5.91 Å². The summed E-state index contributed by atoms with van der Waals surface area (Å²) in [6.07, 6.45) is 4.03. The largest absolute Gasteiger partial charge is 0.489 e. The molecule has 178 valence electrons. The molecule has 1 saturated heterocycles. The average molecular weight is 460 g/mol. The number of morpholine rings is 1. The van der Waals surface area contributed by atoms with Crippen molar-refractivity contribution in [2.75, 3.05) is 13.1 Å². The van der Waals surface area contributed by atoms with Crippen LogP contribution in [0.25, 0.3) is 0 Å². The van der Waals surface area contributed by atoms with Crippen molar-refractivity contribution < 1.29 is 14.3 Å². The average Bonchev–Trinajstić information content (AvgIpc) is 2.83. The lowest BCUT2D eigenvalue weighted by molar-refractivity contribution is -0.0704. The number of benzene rings is 2. The predicted octanol–water partition coefficient (Wildman–Crippen LogP) is 4.76. The number of nitrogens with zero attached hydrogens (tertiary/aromatic N) is 2. The molecule has 3 atom stereocenters. The Kier molecular flexibility index (Phi) is 7.93. The first kappa shape index (κ1) is 23.9. The van der Waals surface area contributed by atoms with E-state index in [1.165, 1.54) is 5.56 Å². The van der Waals surface area contributed by atoms with Crippen molar-refractivity contribution in [1.82, 2.24) is 15.2 Å². The monoisotopic (exact) mass is 459 g/mol. The fourth-order valence-electron chi connectivity index (χ4n) is 4.30. The van der Waals surface area contributed by atoms with Crippen LogP contribution in [0, 0.1) is 0 Å². The van der Waals surface area contributed by atoms with E-state index in [4.69, 9.17) is 9.47 Å². The summed E-state index contributed by atoms with van der Waals surface area (Å²) in [5.41, 5.74) is 3.91. The number of hydrogen-bond acceptors (Lipinski definition) is 5. The van der Waals surface area contributed by atoms with Gasteiger partial charge in [0.2, 0.25) is 0 Å². The summed E-state index contributed by atoms with van der Waals surface area (Å²) in [4.78, 5) is 19.3. The van der Waals surface area contributed by atoms with E-state index in [1.54, 1.807) is 12.4 Å². The fourth-order valence-corrected chi connectivity index (χ4v) is 4.30. The lowest BCUT2D eigenvalue weighted by Crippen LogP contribution is -2.44. The Bertz CT molecular complexity index is 1040. The van der Waals surface area contributed by atoms with Gasteiger partial charge in [-0.05, 0) is 62.2 Å². The number of nitrogens with one attached hydrogen (secondary N) is 1. The van der Waals surface area contributed by atoms with Crippen molar-refractivity contribution in [3.05, 3.63) is 95.3 Å². The van der Waals surface area contributed by atoms with Crippen LogP contribution >= 0.6 is 0 Å². The Balaban J connectivity index is 1.28. The van der Waals surface area contributed by atoms with Crippen LogP contribution in [0.15, 0.2) is 73.1 Å². The van der Waals surface area contributed by atoms with E-state index < -0.39 is 0 Å². The third-order valence-electron chi connectivity index (χ3n) is 5.97. The van der Waals surface area contributed by atoms with Gasteiger partial charge in [0.1, 0.15) is 12.4 Å². The minimum atomic E-state index is -0.115. The summed E-state index contributed by atoms with van der Waals surface area (Å²) in [6, 6.07) is 19.5. The molecule has 1 aromatic heterocycles. The molecule has 0 saturated carbocycles. The minimum Gasteiger partial charge on any atom is -0.489 e. The summed E-state index contributed by atoms with van der Waals surface area (Å²) in [5, 5.41) is 3.09. The smallest absolute Gasteiger partial charge is 0.251 e. The molecule has 0 aliphatic carbocycles. The topological polar surface area (TPSA) is 63.7 Å². The third kappa shape index (κ3) is 6.65. The first-order valence-corrected chi connectivity index (χ1v) is 11.9. The highest BCUT2D eigenvalue weighted by atomic mass is 16.5.